The molecule has 1 aromatic heterocycles. The predicted octanol–water partition coefficient (Wildman–Crippen LogP) is 3.38. The third-order valence-corrected chi connectivity index (χ3v) is 2.68. The molecule has 2 rings (SSSR count). The summed E-state index contributed by atoms with van der Waals surface area (Å²) >= 11 is 5.88. The van der Waals surface area contributed by atoms with Crippen LogP contribution in [0.3, 0.4) is 0 Å². The van der Waals surface area contributed by atoms with E-state index in [4.69, 9.17) is 21.1 Å². The van der Waals surface area contributed by atoms with Gasteiger partial charge in [-0.25, -0.2) is 9.37 Å². The monoisotopic (exact) mass is 296 g/mol. The molecule has 0 aliphatic rings. The van der Waals surface area contributed by atoms with Gasteiger partial charge in [0.15, 0.2) is 5.82 Å². The Morgan fingerprint density at radius 2 is 2.00 bits per heavy atom. The fourth-order valence-corrected chi connectivity index (χ4v) is 1.73. The Morgan fingerprint density at radius 3 is 2.75 bits per heavy atom. The molecule has 0 aliphatic heterocycles. The molecule has 0 unspecified atom stereocenters. The van der Waals surface area contributed by atoms with Gasteiger partial charge in [-0.2, -0.15) is 4.98 Å². The highest BCUT2D eigenvalue weighted by Crippen LogP contribution is 2.16. The van der Waals surface area contributed by atoms with Crippen molar-refractivity contribution in [2.45, 2.75) is 20.1 Å². The summed E-state index contributed by atoms with van der Waals surface area (Å²) in [6, 6.07) is 7.89. The van der Waals surface area contributed by atoms with Gasteiger partial charge in [-0.15, -0.1) is 0 Å². The highest BCUT2D eigenvalue weighted by atomic mass is 35.5. The first-order valence-electron chi connectivity index (χ1n) is 6.16. The van der Waals surface area contributed by atoms with Crippen LogP contribution >= 0.6 is 11.6 Å². The zero-order valence-electron chi connectivity index (χ0n) is 11.0. The van der Waals surface area contributed by atoms with E-state index < -0.39 is 0 Å². The van der Waals surface area contributed by atoms with Crippen LogP contribution in [0.2, 0.25) is 5.15 Å². The summed E-state index contributed by atoms with van der Waals surface area (Å²) in [6.45, 7) is 2.77. The van der Waals surface area contributed by atoms with E-state index in [9.17, 15) is 4.39 Å². The van der Waals surface area contributed by atoms with Crippen molar-refractivity contribution in [3.8, 4) is 5.88 Å². The molecular weight excluding hydrogens is 283 g/mol. The molecule has 0 saturated carbocycles. The third-order valence-electron chi connectivity index (χ3n) is 2.49. The number of benzene rings is 1. The van der Waals surface area contributed by atoms with Crippen molar-refractivity contribution in [1.29, 1.82) is 0 Å². The van der Waals surface area contributed by atoms with Crippen LogP contribution in [0.4, 0.5) is 4.39 Å². The lowest BCUT2D eigenvalue weighted by molar-refractivity contribution is 0.127. The van der Waals surface area contributed by atoms with E-state index in [1.807, 2.05) is 6.92 Å². The Bertz CT molecular complexity index is 581. The van der Waals surface area contributed by atoms with Crippen molar-refractivity contribution in [3.63, 3.8) is 0 Å². The Morgan fingerprint density at radius 1 is 1.20 bits per heavy atom. The van der Waals surface area contributed by atoms with Crippen LogP contribution in [0.5, 0.6) is 5.88 Å². The number of nitrogens with zero attached hydrogens (tertiary/aromatic N) is 2. The average molecular weight is 297 g/mol. The number of hydrogen-bond acceptors (Lipinski definition) is 4. The molecule has 0 aliphatic carbocycles. The lowest BCUT2D eigenvalue weighted by atomic mass is 10.2. The summed E-state index contributed by atoms with van der Waals surface area (Å²) in [5, 5.41) is 0.262. The van der Waals surface area contributed by atoms with Gasteiger partial charge in [0.2, 0.25) is 5.88 Å². The minimum absolute atomic E-state index is 0.0775. The molecule has 0 bridgehead atoms. The summed E-state index contributed by atoms with van der Waals surface area (Å²) in [7, 11) is 0. The number of rotatable bonds is 6. The van der Waals surface area contributed by atoms with Gasteiger partial charge < -0.3 is 9.47 Å². The molecule has 0 spiro atoms. The van der Waals surface area contributed by atoms with Crippen molar-refractivity contribution in [2.24, 2.45) is 0 Å². The smallest absolute Gasteiger partial charge is 0.218 e. The molecule has 2 aromatic rings. The summed E-state index contributed by atoms with van der Waals surface area (Å²) in [5.74, 6) is 0.410. The number of hydrogen-bond donors (Lipinski definition) is 0. The van der Waals surface area contributed by atoms with Gasteiger partial charge in [0, 0.05) is 18.2 Å². The molecule has 0 amide bonds. The fourth-order valence-electron chi connectivity index (χ4n) is 1.54. The zero-order valence-corrected chi connectivity index (χ0v) is 11.7. The van der Waals surface area contributed by atoms with Gasteiger partial charge in [-0.3, -0.25) is 0 Å². The van der Waals surface area contributed by atoms with E-state index in [0.29, 0.717) is 23.9 Å². The van der Waals surface area contributed by atoms with Crippen LogP contribution in [0.1, 0.15) is 18.3 Å². The van der Waals surface area contributed by atoms with E-state index in [1.165, 1.54) is 12.1 Å². The van der Waals surface area contributed by atoms with Crippen molar-refractivity contribution in [1.82, 2.24) is 9.97 Å². The minimum Gasteiger partial charge on any atom is -0.473 e. The van der Waals surface area contributed by atoms with E-state index in [2.05, 4.69) is 9.97 Å². The molecule has 0 saturated heterocycles. The molecule has 0 fully saturated rings. The molecule has 4 nitrogen and oxygen atoms in total. The van der Waals surface area contributed by atoms with Crippen LogP contribution in [0, 0.1) is 5.82 Å². The first kappa shape index (κ1) is 14.7. The molecule has 0 atom stereocenters. The largest absolute Gasteiger partial charge is 0.473 e. The van der Waals surface area contributed by atoms with Crippen molar-refractivity contribution in [3.05, 3.63) is 52.7 Å². The predicted molar refractivity (Wildman–Crippen MR) is 73.1 cm³/mol. The second-order valence-corrected chi connectivity index (χ2v) is 4.35. The highest BCUT2D eigenvalue weighted by molar-refractivity contribution is 6.29. The highest BCUT2D eigenvalue weighted by Gasteiger charge is 2.06. The summed E-state index contributed by atoms with van der Waals surface area (Å²) < 4.78 is 24.1. The molecule has 106 valence electrons. The average Bonchev–Trinajstić information content (AvgIpc) is 2.44. The molecule has 6 heteroatoms. The minimum atomic E-state index is -0.317. The Hall–Kier alpha value is -1.72. The van der Waals surface area contributed by atoms with E-state index in [0.717, 1.165) is 0 Å². The first-order valence-corrected chi connectivity index (χ1v) is 6.54. The van der Waals surface area contributed by atoms with Crippen LogP contribution in [0.25, 0.3) is 0 Å². The Balaban J connectivity index is 2.05. The molecular formula is C14H14ClFN2O2. The SMILES string of the molecule is CCOCc1nc(Cl)cc(OCc2ccccc2F)n1. The lowest BCUT2D eigenvalue weighted by Crippen LogP contribution is -2.04. The second kappa shape index (κ2) is 7.17. The maximum atomic E-state index is 13.5. The summed E-state index contributed by atoms with van der Waals surface area (Å²) in [4.78, 5) is 8.17. The van der Waals surface area contributed by atoms with Crippen LogP contribution in [-0.4, -0.2) is 16.6 Å². The second-order valence-electron chi connectivity index (χ2n) is 3.96. The van der Waals surface area contributed by atoms with E-state index >= 15 is 0 Å². The van der Waals surface area contributed by atoms with Crippen LogP contribution in [0.15, 0.2) is 30.3 Å². The van der Waals surface area contributed by atoms with E-state index in [-0.39, 0.29) is 24.2 Å². The van der Waals surface area contributed by atoms with Gasteiger partial charge in [0.1, 0.15) is 24.2 Å². The zero-order chi connectivity index (χ0) is 14.4. The van der Waals surface area contributed by atoms with Crippen molar-refractivity contribution < 1.29 is 13.9 Å². The molecule has 0 N–H and O–H groups in total. The van der Waals surface area contributed by atoms with Gasteiger partial charge in [-0.05, 0) is 13.0 Å². The fraction of sp³-hybridized carbons (Fsp3) is 0.286. The number of halogens is 2. The van der Waals surface area contributed by atoms with E-state index in [1.54, 1.807) is 18.2 Å². The molecule has 1 aromatic carbocycles. The van der Waals surface area contributed by atoms with Crippen molar-refractivity contribution >= 4 is 11.6 Å². The topological polar surface area (TPSA) is 44.2 Å². The summed E-state index contributed by atoms with van der Waals surface area (Å²) in [5.41, 5.74) is 0.452. The molecule has 20 heavy (non-hydrogen) atoms. The maximum Gasteiger partial charge on any atom is 0.218 e. The van der Waals surface area contributed by atoms with Crippen LogP contribution in [-0.2, 0) is 18.0 Å². The van der Waals surface area contributed by atoms with Crippen LogP contribution < -0.4 is 4.74 Å². The first-order chi connectivity index (χ1) is 9.69. The summed E-state index contributed by atoms with van der Waals surface area (Å²) in [6.07, 6.45) is 0. The normalized spacial score (nSPS) is 10.6. The van der Waals surface area contributed by atoms with Crippen molar-refractivity contribution in [2.75, 3.05) is 6.61 Å². The van der Waals surface area contributed by atoms with Gasteiger partial charge in [-0.1, -0.05) is 29.8 Å². The third kappa shape index (κ3) is 4.15. The lowest BCUT2D eigenvalue weighted by Gasteiger charge is -2.08. The number of ether oxygens (including phenoxy) is 2. The maximum absolute atomic E-state index is 13.5. The van der Waals surface area contributed by atoms with Gasteiger partial charge in [0.25, 0.3) is 0 Å². The van der Waals surface area contributed by atoms with Gasteiger partial charge in [0.05, 0.1) is 0 Å². The Kier molecular flexibility index (Phi) is 5.26. The molecule has 1 heterocycles. The quantitative estimate of drug-likeness (QED) is 0.767. The standard InChI is InChI=1S/C14H14ClFN2O2/c1-2-19-9-13-17-12(15)7-14(18-13)20-8-10-5-3-4-6-11(10)16/h3-7H,2,8-9H2,1H3. The van der Waals surface area contributed by atoms with Gasteiger partial charge >= 0.3 is 0 Å². The Labute approximate surface area is 121 Å². The number of aromatic nitrogens is 2. The molecule has 0 radical (unpaired) electrons.